The zero-order valence-corrected chi connectivity index (χ0v) is 13.1. The van der Waals surface area contributed by atoms with Crippen LogP contribution in [-0.2, 0) is 4.79 Å². The van der Waals surface area contributed by atoms with Crippen molar-refractivity contribution in [1.29, 1.82) is 0 Å². The maximum atomic E-state index is 12.5. The van der Waals surface area contributed by atoms with Crippen LogP contribution in [0.15, 0.2) is 30.4 Å². The van der Waals surface area contributed by atoms with Gasteiger partial charge in [0.05, 0.1) is 7.11 Å². The van der Waals surface area contributed by atoms with Crippen molar-refractivity contribution in [1.82, 2.24) is 4.90 Å². The van der Waals surface area contributed by atoms with E-state index < -0.39 is 12.6 Å². The Balaban J connectivity index is 3.03. The second-order valence-corrected chi connectivity index (χ2v) is 4.82. The van der Waals surface area contributed by atoms with Crippen molar-refractivity contribution in [3.8, 4) is 11.5 Å². The highest BCUT2D eigenvalue weighted by Crippen LogP contribution is 2.28. The first-order valence-electron chi connectivity index (χ1n) is 6.85. The molecule has 0 spiro atoms. The molecule has 1 amide bonds. The maximum Gasteiger partial charge on any atom is 0.341 e. The summed E-state index contributed by atoms with van der Waals surface area (Å²) in [5, 5.41) is 8.69. The van der Waals surface area contributed by atoms with Crippen LogP contribution in [0.25, 0.3) is 0 Å². The van der Waals surface area contributed by atoms with Crippen LogP contribution in [-0.4, -0.2) is 48.7 Å². The Morgan fingerprint density at radius 3 is 2.50 bits per heavy atom. The minimum atomic E-state index is -1.10. The van der Waals surface area contributed by atoms with Crippen LogP contribution in [0.2, 0.25) is 0 Å². The van der Waals surface area contributed by atoms with Gasteiger partial charge in [0.2, 0.25) is 0 Å². The largest absolute Gasteiger partial charge is 0.493 e. The number of aliphatic carboxylic acids is 1. The Labute approximate surface area is 129 Å². The number of methoxy groups -OCH3 is 1. The van der Waals surface area contributed by atoms with Crippen LogP contribution in [0.3, 0.4) is 0 Å². The molecule has 0 saturated heterocycles. The molecule has 0 unspecified atom stereocenters. The number of amides is 1. The summed E-state index contributed by atoms with van der Waals surface area (Å²) in [7, 11) is 1.45. The molecule has 0 aliphatic heterocycles. The molecule has 0 aromatic heterocycles. The first-order valence-corrected chi connectivity index (χ1v) is 6.85. The minimum absolute atomic E-state index is 0.173. The summed E-state index contributed by atoms with van der Waals surface area (Å²) in [5.41, 5.74) is 1.29. The smallest absolute Gasteiger partial charge is 0.341 e. The number of hydrogen-bond acceptors (Lipinski definition) is 4. The second-order valence-electron chi connectivity index (χ2n) is 4.82. The predicted octanol–water partition coefficient (Wildman–Crippen LogP) is 2.20. The van der Waals surface area contributed by atoms with Crippen LogP contribution >= 0.6 is 0 Å². The highest BCUT2D eigenvalue weighted by molar-refractivity contribution is 5.95. The Morgan fingerprint density at radius 2 is 2.00 bits per heavy atom. The molecule has 0 saturated carbocycles. The van der Waals surface area contributed by atoms with Gasteiger partial charge in [0.1, 0.15) is 0 Å². The van der Waals surface area contributed by atoms with E-state index in [-0.39, 0.29) is 11.7 Å². The van der Waals surface area contributed by atoms with Crippen LogP contribution in [0.1, 0.15) is 24.2 Å². The topological polar surface area (TPSA) is 76.1 Å². The van der Waals surface area contributed by atoms with Crippen molar-refractivity contribution in [2.75, 3.05) is 26.8 Å². The van der Waals surface area contributed by atoms with Gasteiger partial charge in [-0.2, -0.15) is 0 Å². The molecule has 1 N–H and O–H groups in total. The molecule has 0 radical (unpaired) electrons. The van der Waals surface area contributed by atoms with Crippen LogP contribution in [0.5, 0.6) is 11.5 Å². The molecule has 0 aliphatic rings. The molecule has 6 nitrogen and oxygen atoms in total. The van der Waals surface area contributed by atoms with Gasteiger partial charge in [-0.1, -0.05) is 12.2 Å². The predicted molar refractivity (Wildman–Crippen MR) is 82.5 cm³/mol. The van der Waals surface area contributed by atoms with Gasteiger partial charge in [0, 0.05) is 18.7 Å². The van der Waals surface area contributed by atoms with E-state index in [0.29, 0.717) is 24.4 Å². The molecule has 1 aromatic carbocycles. The number of carboxylic acids is 1. The number of nitrogens with zero attached hydrogens (tertiary/aromatic N) is 1. The molecule has 22 heavy (non-hydrogen) atoms. The third-order valence-corrected chi connectivity index (χ3v) is 2.89. The number of carbonyl (C=O) groups is 2. The van der Waals surface area contributed by atoms with Crippen molar-refractivity contribution in [2.45, 2.75) is 13.8 Å². The van der Waals surface area contributed by atoms with E-state index in [9.17, 15) is 9.59 Å². The first-order chi connectivity index (χ1) is 10.4. The number of likely N-dealkylation sites (N-methyl/N-ethyl adjacent to an activating group) is 1. The lowest BCUT2D eigenvalue weighted by Crippen LogP contribution is -2.32. The third kappa shape index (κ3) is 4.80. The van der Waals surface area contributed by atoms with E-state index in [2.05, 4.69) is 6.58 Å². The number of carboxylic acid groups (broad SMARTS) is 1. The molecular weight excluding hydrogens is 286 g/mol. The van der Waals surface area contributed by atoms with Crippen molar-refractivity contribution in [3.05, 3.63) is 35.9 Å². The van der Waals surface area contributed by atoms with Gasteiger partial charge in [-0.05, 0) is 32.0 Å². The van der Waals surface area contributed by atoms with Crippen molar-refractivity contribution in [2.24, 2.45) is 0 Å². The van der Waals surface area contributed by atoms with Crippen molar-refractivity contribution in [3.63, 3.8) is 0 Å². The lowest BCUT2D eigenvalue weighted by atomic mass is 10.1. The molecule has 0 bridgehead atoms. The van der Waals surface area contributed by atoms with Gasteiger partial charge in [-0.15, -0.1) is 0 Å². The second kappa shape index (κ2) is 8.07. The van der Waals surface area contributed by atoms with E-state index in [1.54, 1.807) is 17.0 Å². The fraction of sp³-hybridized carbons (Fsp3) is 0.375. The van der Waals surface area contributed by atoms with E-state index in [4.69, 9.17) is 14.6 Å². The molecule has 6 heteroatoms. The first kappa shape index (κ1) is 17.6. The summed E-state index contributed by atoms with van der Waals surface area (Å²) in [6.07, 6.45) is 0. The molecular formula is C16H21NO5. The van der Waals surface area contributed by atoms with Crippen LogP contribution < -0.4 is 9.47 Å². The van der Waals surface area contributed by atoms with Gasteiger partial charge in [-0.3, -0.25) is 4.79 Å². The molecule has 120 valence electrons. The third-order valence-electron chi connectivity index (χ3n) is 2.89. The van der Waals surface area contributed by atoms with E-state index >= 15 is 0 Å². The Hall–Kier alpha value is -2.50. The fourth-order valence-electron chi connectivity index (χ4n) is 1.90. The maximum absolute atomic E-state index is 12.5. The van der Waals surface area contributed by atoms with Gasteiger partial charge in [0.15, 0.2) is 18.1 Å². The Morgan fingerprint density at radius 1 is 1.32 bits per heavy atom. The Bertz CT molecular complexity index is 568. The van der Waals surface area contributed by atoms with Crippen LogP contribution in [0.4, 0.5) is 0 Å². The number of rotatable bonds is 8. The average molecular weight is 307 g/mol. The molecule has 0 atom stereocenters. The zero-order valence-electron chi connectivity index (χ0n) is 13.1. The van der Waals surface area contributed by atoms with Gasteiger partial charge < -0.3 is 19.5 Å². The molecule has 0 fully saturated rings. The summed E-state index contributed by atoms with van der Waals surface area (Å²) in [5.74, 6) is -0.674. The number of hydrogen-bond donors (Lipinski definition) is 1. The summed E-state index contributed by atoms with van der Waals surface area (Å²) in [6.45, 7) is 8.05. The fourth-order valence-corrected chi connectivity index (χ4v) is 1.90. The summed E-state index contributed by atoms with van der Waals surface area (Å²) < 4.78 is 10.3. The standard InChI is InChI=1S/C16H21NO5/c1-5-17(9-11(2)3)16(20)12-6-7-13(21-4)14(8-12)22-10-15(18)19/h6-8H,2,5,9-10H2,1,3-4H3,(H,18,19). The van der Waals surface area contributed by atoms with Crippen molar-refractivity contribution < 1.29 is 24.2 Å². The lowest BCUT2D eigenvalue weighted by molar-refractivity contribution is -0.139. The number of carbonyl (C=O) groups excluding carboxylic acids is 1. The van der Waals surface area contributed by atoms with Gasteiger partial charge >= 0.3 is 5.97 Å². The SMILES string of the molecule is C=C(C)CN(CC)C(=O)c1ccc(OC)c(OCC(=O)O)c1. The summed E-state index contributed by atoms with van der Waals surface area (Å²) >= 11 is 0. The summed E-state index contributed by atoms with van der Waals surface area (Å²) in [6, 6.07) is 4.69. The molecule has 1 rings (SSSR count). The molecule has 1 aromatic rings. The van der Waals surface area contributed by atoms with Gasteiger partial charge in [0.25, 0.3) is 5.91 Å². The summed E-state index contributed by atoms with van der Waals surface area (Å²) in [4.78, 5) is 24.7. The zero-order chi connectivity index (χ0) is 16.7. The molecule has 0 heterocycles. The van der Waals surface area contributed by atoms with Crippen molar-refractivity contribution >= 4 is 11.9 Å². The van der Waals surface area contributed by atoms with Crippen LogP contribution in [0, 0.1) is 0 Å². The monoisotopic (exact) mass is 307 g/mol. The van der Waals surface area contributed by atoms with E-state index in [1.807, 2.05) is 13.8 Å². The lowest BCUT2D eigenvalue weighted by Gasteiger charge is -2.21. The van der Waals surface area contributed by atoms with E-state index in [0.717, 1.165) is 5.57 Å². The average Bonchev–Trinajstić information content (AvgIpc) is 2.49. The quantitative estimate of drug-likeness (QED) is 0.745. The number of benzene rings is 1. The molecule has 0 aliphatic carbocycles. The normalized spacial score (nSPS) is 9.95. The highest BCUT2D eigenvalue weighted by atomic mass is 16.5. The van der Waals surface area contributed by atoms with E-state index in [1.165, 1.54) is 13.2 Å². The number of ether oxygens (including phenoxy) is 2. The minimum Gasteiger partial charge on any atom is -0.493 e. The Kier molecular flexibility index (Phi) is 6.44. The highest BCUT2D eigenvalue weighted by Gasteiger charge is 2.17. The van der Waals surface area contributed by atoms with Gasteiger partial charge in [-0.25, -0.2) is 4.79 Å².